The van der Waals surface area contributed by atoms with Crippen molar-refractivity contribution in [3.63, 3.8) is 0 Å². The minimum Gasteiger partial charge on any atom is -0.479 e. The molecule has 29 heavy (non-hydrogen) atoms. The highest BCUT2D eigenvalue weighted by molar-refractivity contribution is 6.35. The van der Waals surface area contributed by atoms with Gasteiger partial charge in [-0.1, -0.05) is 23.2 Å². The lowest BCUT2D eigenvalue weighted by Crippen LogP contribution is -2.42. The summed E-state index contributed by atoms with van der Waals surface area (Å²) in [6.07, 6.45) is 1.30. The Morgan fingerprint density at radius 1 is 1.21 bits per heavy atom. The van der Waals surface area contributed by atoms with E-state index in [1.54, 1.807) is 36.1 Å². The fourth-order valence-corrected chi connectivity index (χ4v) is 3.56. The summed E-state index contributed by atoms with van der Waals surface area (Å²) >= 11 is 12.0. The van der Waals surface area contributed by atoms with Crippen LogP contribution in [0.3, 0.4) is 0 Å². The normalized spacial score (nSPS) is 15.6. The number of benzene rings is 1. The molecule has 0 radical (unpaired) electrons. The maximum Gasteiger partial charge on any atom is 0.287 e. The van der Waals surface area contributed by atoms with Crippen molar-refractivity contribution in [3.8, 4) is 5.75 Å². The number of nitrogens with zero attached hydrogens (tertiary/aromatic N) is 4. The van der Waals surface area contributed by atoms with E-state index < -0.39 is 11.0 Å². The van der Waals surface area contributed by atoms with Crippen LogP contribution < -0.4 is 9.64 Å². The first-order valence-electron chi connectivity index (χ1n) is 9.11. The third-order valence-corrected chi connectivity index (χ3v) is 5.15. The molecule has 0 aliphatic carbocycles. The highest BCUT2D eigenvalue weighted by Gasteiger charge is 2.25. The van der Waals surface area contributed by atoms with Gasteiger partial charge in [0, 0.05) is 37.3 Å². The Balaban J connectivity index is 1.60. The summed E-state index contributed by atoms with van der Waals surface area (Å²) in [5.74, 6) is 0.931. The predicted molar refractivity (Wildman–Crippen MR) is 111 cm³/mol. The van der Waals surface area contributed by atoms with Crippen molar-refractivity contribution in [1.82, 2.24) is 9.88 Å². The predicted octanol–water partition coefficient (Wildman–Crippen LogP) is 3.80. The van der Waals surface area contributed by atoms with Gasteiger partial charge in [0.1, 0.15) is 17.8 Å². The van der Waals surface area contributed by atoms with E-state index in [1.807, 2.05) is 4.90 Å². The van der Waals surface area contributed by atoms with E-state index in [4.69, 9.17) is 27.9 Å². The van der Waals surface area contributed by atoms with Crippen molar-refractivity contribution in [2.75, 3.05) is 31.1 Å². The lowest BCUT2D eigenvalue weighted by Gasteiger charge is -2.25. The van der Waals surface area contributed by atoms with Crippen molar-refractivity contribution in [3.05, 3.63) is 56.7 Å². The second kappa shape index (κ2) is 9.28. The van der Waals surface area contributed by atoms with Crippen LogP contribution in [0.5, 0.6) is 5.75 Å². The molecule has 154 valence electrons. The highest BCUT2D eigenvalue weighted by Crippen LogP contribution is 2.28. The second-order valence-electron chi connectivity index (χ2n) is 6.63. The molecule has 1 aliphatic rings. The highest BCUT2D eigenvalue weighted by atomic mass is 35.5. The number of rotatable bonds is 5. The Morgan fingerprint density at radius 3 is 2.66 bits per heavy atom. The molecule has 8 nitrogen and oxygen atoms in total. The molecule has 0 bridgehead atoms. The zero-order valence-electron chi connectivity index (χ0n) is 15.8. The molecular weight excluding hydrogens is 419 g/mol. The average molecular weight is 439 g/mol. The molecule has 1 aromatic heterocycles. The molecule has 1 fully saturated rings. The minimum absolute atomic E-state index is 0.0489. The lowest BCUT2D eigenvalue weighted by molar-refractivity contribution is -0.385. The van der Waals surface area contributed by atoms with Crippen LogP contribution in [0, 0.1) is 10.1 Å². The summed E-state index contributed by atoms with van der Waals surface area (Å²) in [7, 11) is 0. The number of halogens is 2. The minimum atomic E-state index is -0.697. The molecule has 2 aromatic rings. The van der Waals surface area contributed by atoms with Gasteiger partial charge in [0.2, 0.25) is 0 Å². The third-order valence-electron chi connectivity index (χ3n) is 4.62. The maximum atomic E-state index is 12.8. The molecule has 10 heteroatoms. The molecule has 1 aliphatic heterocycles. The molecule has 1 saturated heterocycles. The van der Waals surface area contributed by atoms with E-state index in [0.29, 0.717) is 47.8 Å². The molecule has 0 N–H and O–H groups in total. The van der Waals surface area contributed by atoms with Crippen LogP contribution in [0.15, 0.2) is 36.5 Å². The van der Waals surface area contributed by atoms with Gasteiger partial charge in [-0.3, -0.25) is 14.9 Å². The molecule has 1 unspecified atom stereocenters. The Bertz CT molecular complexity index is 894. The lowest BCUT2D eigenvalue weighted by atomic mass is 10.3. The van der Waals surface area contributed by atoms with Crippen LogP contribution in [0.1, 0.15) is 13.3 Å². The van der Waals surface area contributed by atoms with Crippen molar-refractivity contribution in [1.29, 1.82) is 0 Å². The number of pyridine rings is 1. The van der Waals surface area contributed by atoms with Gasteiger partial charge >= 0.3 is 0 Å². The number of hydrogen-bond donors (Lipinski definition) is 0. The average Bonchev–Trinajstić information content (AvgIpc) is 2.95. The van der Waals surface area contributed by atoms with Gasteiger partial charge in [-0.15, -0.1) is 0 Å². The Hall–Kier alpha value is -2.58. The number of anilines is 1. The van der Waals surface area contributed by atoms with Gasteiger partial charge < -0.3 is 14.5 Å². The Labute approximate surface area is 178 Å². The smallest absolute Gasteiger partial charge is 0.287 e. The molecular formula is C19H20Cl2N4O4. The quantitative estimate of drug-likeness (QED) is 0.520. The van der Waals surface area contributed by atoms with E-state index in [-0.39, 0.29) is 11.6 Å². The van der Waals surface area contributed by atoms with Gasteiger partial charge in [0.25, 0.3) is 11.6 Å². The van der Waals surface area contributed by atoms with Crippen molar-refractivity contribution >= 4 is 40.6 Å². The molecule has 1 aromatic carbocycles. The topological polar surface area (TPSA) is 88.8 Å². The molecule has 0 spiro atoms. The number of aromatic nitrogens is 1. The van der Waals surface area contributed by atoms with E-state index in [2.05, 4.69) is 4.98 Å². The number of nitro groups is 1. The summed E-state index contributed by atoms with van der Waals surface area (Å²) in [4.78, 5) is 31.1. The summed E-state index contributed by atoms with van der Waals surface area (Å²) in [5, 5.41) is 11.6. The monoisotopic (exact) mass is 438 g/mol. The van der Waals surface area contributed by atoms with Crippen LogP contribution in [-0.2, 0) is 4.79 Å². The van der Waals surface area contributed by atoms with E-state index in [0.717, 1.165) is 6.42 Å². The summed E-state index contributed by atoms with van der Waals surface area (Å²) in [6.45, 7) is 4.05. The molecule has 3 rings (SSSR count). The number of amides is 1. The third kappa shape index (κ3) is 5.27. The fraction of sp³-hybridized carbons (Fsp3) is 0.368. The van der Waals surface area contributed by atoms with Crippen LogP contribution >= 0.6 is 23.2 Å². The van der Waals surface area contributed by atoms with Gasteiger partial charge in [0.15, 0.2) is 6.10 Å². The first-order valence-corrected chi connectivity index (χ1v) is 9.86. The van der Waals surface area contributed by atoms with E-state index in [9.17, 15) is 14.9 Å². The number of carbonyl (C=O) groups is 1. The Kier molecular flexibility index (Phi) is 6.76. The summed E-state index contributed by atoms with van der Waals surface area (Å²) < 4.78 is 5.73. The van der Waals surface area contributed by atoms with Gasteiger partial charge in [0.05, 0.1) is 9.95 Å². The Morgan fingerprint density at radius 2 is 2.00 bits per heavy atom. The first kappa shape index (κ1) is 21.1. The number of carbonyl (C=O) groups excluding carboxylic acids is 1. The largest absolute Gasteiger partial charge is 0.479 e. The van der Waals surface area contributed by atoms with Crippen LogP contribution in [0.25, 0.3) is 0 Å². The van der Waals surface area contributed by atoms with Crippen LogP contribution in [-0.4, -0.2) is 53.0 Å². The standard InChI is InChI=1S/C19H20Cl2N4O4/c1-13(29-17-5-3-14(20)11-16(17)21)19(26)24-8-2-7-23(9-10-24)18-6-4-15(12-22-18)25(27)28/h3-6,11-13H,2,7-10H2,1H3. The van der Waals surface area contributed by atoms with Crippen LogP contribution in [0.4, 0.5) is 11.5 Å². The van der Waals surface area contributed by atoms with Crippen molar-refractivity contribution in [2.45, 2.75) is 19.4 Å². The summed E-state index contributed by atoms with van der Waals surface area (Å²) in [5.41, 5.74) is -0.0489. The molecule has 1 atom stereocenters. The second-order valence-corrected chi connectivity index (χ2v) is 7.48. The van der Waals surface area contributed by atoms with E-state index in [1.165, 1.54) is 12.3 Å². The molecule has 0 saturated carbocycles. The van der Waals surface area contributed by atoms with Crippen LogP contribution in [0.2, 0.25) is 10.0 Å². The van der Waals surface area contributed by atoms with Gasteiger partial charge in [-0.25, -0.2) is 4.98 Å². The maximum absolute atomic E-state index is 12.8. The van der Waals surface area contributed by atoms with E-state index >= 15 is 0 Å². The first-order chi connectivity index (χ1) is 13.8. The van der Waals surface area contributed by atoms with Crippen molar-refractivity contribution < 1.29 is 14.5 Å². The van der Waals surface area contributed by atoms with Gasteiger partial charge in [-0.2, -0.15) is 0 Å². The zero-order valence-corrected chi connectivity index (χ0v) is 17.3. The van der Waals surface area contributed by atoms with Crippen molar-refractivity contribution in [2.24, 2.45) is 0 Å². The fourth-order valence-electron chi connectivity index (χ4n) is 3.11. The number of hydrogen-bond acceptors (Lipinski definition) is 6. The molecule has 1 amide bonds. The summed E-state index contributed by atoms with van der Waals surface area (Å²) in [6, 6.07) is 7.92. The number of ether oxygens (including phenoxy) is 1. The zero-order chi connectivity index (χ0) is 21.0. The SMILES string of the molecule is CC(Oc1ccc(Cl)cc1Cl)C(=O)N1CCCN(c2ccc([N+](=O)[O-])cn2)CC1. The van der Waals surface area contributed by atoms with Gasteiger partial charge in [-0.05, 0) is 37.6 Å². The molecule has 2 heterocycles.